The van der Waals surface area contributed by atoms with E-state index in [9.17, 15) is 0 Å². The highest BCUT2D eigenvalue weighted by Crippen LogP contribution is 2.34. The Kier molecular flexibility index (Phi) is 6.73. The van der Waals surface area contributed by atoms with Crippen molar-refractivity contribution in [2.24, 2.45) is 5.11 Å². The molecule has 0 amide bonds. The first-order valence-corrected chi connectivity index (χ1v) is 7.86. The Morgan fingerprint density at radius 1 is 1.14 bits per heavy atom. The number of hydrogen-bond acceptors (Lipinski definition) is 5. The first kappa shape index (κ1) is 16.5. The maximum atomic E-state index is 8.79. The Hall–Kier alpha value is -0.850. The molecule has 0 aromatic carbocycles. The second kappa shape index (κ2) is 8.56. The van der Waals surface area contributed by atoms with Gasteiger partial charge in [0, 0.05) is 18.1 Å². The van der Waals surface area contributed by atoms with Crippen LogP contribution in [0.25, 0.3) is 10.4 Å². The normalized spacial score (nSPS) is 34.7. The molecule has 21 heavy (non-hydrogen) atoms. The average molecular weight is 299 g/mol. The summed E-state index contributed by atoms with van der Waals surface area (Å²) in [5.74, 6) is 0. The van der Waals surface area contributed by atoms with E-state index in [1.165, 1.54) is 0 Å². The molecular formula is C14H25N3O4. The third kappa shape index (κ3) is 4.08. The summed E-state index contributed by atoms with van der Waals surface area (Å²) >= 11 is 0. The Bertz CT molecular complexity index is 362. The molecule has 7 nitrogen and oxygen atoms in total. The molecule has 0 aromatic heterocycles. The van der Waals surface area contributed by atoms with Crippen LogP contribution in [0, 0.1) is 0 Å². The number of rotatable bonds is 9. The molecule has 2 fully saturated rings. The van der Waals surface area contributed by atoms with Gasteiger partial charge in [-0.25, -0.2) is 0 Å². The minimum atomic E-state index is -0.511. The lowest BCUT2D eigenvalue weighted by Gasteiger charge is -2.38. The number of unbranched alkanes of at least 4 members (excludes halogenated alkanes) is 2. The van der Waals surface area contributed by atoms with E-state index in [1.807, 2.05) is 0 Å². The summed E-state index contributed by atoms with van der Waals surface area (Å²) in [5, 5.41) is 3.83. The maximum Gasteiger partial charge on any atom is 0.169 e. The molecular weight excluding hydrogens is 274 g/mol. The van der Waals surface area contributed by atoms with Crippen LogP contribution in [0.5, 0.6) is 0 Å². The van der Waals surface area contributed by atoms with E-state index in [0.29, 0.717) is 19.8 Å². The molecule has 0 saturated carbocycles. The Morgan fingerprint density at radius 2 is 1.81 bits per heavy atom. The molecule has 2 heterocycles. The van der Waals surface area contributed by atoms with Crippen LogP contribution < -0.4 is 0 Å². The number of fused-ring (bicyclic) bond motifs is 2. The van der Waals surface area contributed by atoms with Crippen molar-refractivity contribution in [1.82, 2.24) is 0 Å². The summed E-state index contributed by atoms with van der Waals surface area (Å²) in [6, 6.07) is -0.489. The van der Waals surface area contributed by atoms with E-state index in [2.05, 4.69) is 23.9 Å². The van der Waals surface area contributed by atoms with Crippen LogP contribution in [0.4, 0.5) is 0 Å². The summed E-state index contributed by atoms with van der Waals surface area (Å²) in [6.07, 6.45) is 2.91. The van der Waals surface area contributed by atoms with Gasteiger partial charge in [-0.1, -0.05) is 31.8 Å². The number of azide groups is 1. The molecule has 7 heteroatoms. The minimum Gasteiger partial charge on any atom is -0.375 e. The first-order chi connectivity index (χ1) is 10.3. The lowest BCUT2D eigenvalue weighted by molar-refractivity contribution is -0.206. The average Bonchev–Trinajstić information content (AvgIpc) is 2.92. The molecule has 2 bridgehead atoms. The summed E-state index contributed by atoms with van der Waals surface area (Å²) in [5.41, 5.74) is 8.79. The summed E-state index contributed by atoms with van der Waals surface area (Å²) in [7, 11) is 0. The van der Waals surface area contributed by atoms with Gasteiger partial charge in [0.05, 0.1) is 12.7 Å². The van der Waals surface area contributed by atoms with Crippen LogP contribution in [0.1, 0.15) is 39.5 Å². The lowest BCUT2D eigenvalue weighted by atomic mass is 9.99. The van der Waals surface area contributed by atoms with Crippen LogP contribution in [0.15, 0.2) is 5.11 Å². The van der Waals surface area contributed by atoms with Crippen LogP contribution in [0.3, 0.4) is 0 Å². The monoisotopic (exact) mass is 299 g/mol. The largest absolute Gasteiger partial charge is 0.375 e. The van der Waals surface area contributed by atoms with E-state index < -0.39 is 12.3 Å². The molecule has 0 aromatic rings. The van der Waals surface area contributed by atoms with Crippen LogP contribution in [0.2, 0.25) is 0 Å². The third-order valence-electron chi connectivity index (χ3n) is 3.84. The van der Waals surface area contributed by atoms with Gasteiger partial charge in [0.1, 0.15) is 18.2 Å². The zero-order valence-corrected chi connectivity index (χ0v) is 12.8. The highest BCUT2D eigenvalue weighted by molar-refractivity contribution is 4.99. The first-order valence-electron chi connectivity index (χ1n) is 7.86. The topological polar surface area (TPSA) is 85.7 Å². The molecule has 2 rings (SSSR count). The molecule has 0 aliphatic carbocycles. The molecule has 0 N–H and O–H groups in total. The van der Waals surface area contributed by atoms with Crippen LogP contribution in [-0.2, 0) is 18.9 Å². The van der Waals surface area contributed by atoms with Gasteiger partial charge in [-0.2, -0.15) is 0 Å². The van der Waals surface area contributed by atoms with Crippen molar-refractivity contribution in [1.29, 1.82) is 0 Å². The lowest BCUT2D eigenvalue weighted by Crippen LogP contribution is -2.55. The van der Waals surface area contributed by atoms with Crippen molar-refractivity contribution in [3.63, 3.8) is 0 Å². The van der Waals surface area contributed by atoms with Gasteiger partial charge < -0.3 is 18.9 Å². The second-order valence-electron chi connectivity index (χ2n) is 5.45. The number of ether oxygens (including phenoxy) is 4. The standard InChI is InChI=1S/C14H25N3O4/c1-3-5-7-18-12-10-9-20-14(21-10)11(16-17-15)13(12)19-8-6-4-2/h10-14H,3-9H2,1-2H3/t10-,11+,12-,13?,14?/m1/s1. The smallest absolute Gasteiger partial charge is 0.169 e. The predicted octanol–water partition coefficient (Wildman–Crippen LogP) is 2.79. The van der Waals surface area contributed by atoms with Crippen molar-refractivity contribution in [3.8, 4) is 0 Å². The number of nitrogens with zero attached hydrogens (tertiary/aromatic N) is 3. The molecule has 2 unspecified atom stereocenters. The molecule has 120 valence electrons. The van der Waals surface area contributed by atoms with Crippen molar-refractivity contribution in [2.45, 2.75) is 70.2 Å². The zero-order valence-electron chi connectivity index (χ0n) is 12.8. The van der Waals surface area contributed by atoms with Gasteiger partial charge in [-0.05, 0) is 18.4 Å². The summed E-state index contributed by atoms with van der Waals surface area (Å²) in [6.45, 7) is 5.98. The summed E-state index contributed by atoms with van der Waals surface area (Å²) in [4.78, 5) is 2.91. The van der Waals surface area contributed by atoms with E-state index >= 15 is 0 Å². The maximum absolute atomic E-state index is 8.79. The summed E-state index contributed by atoms with van der Waals surface area (Å²) < 4.78 is 23.2. The molecule has 2 saturated heterocycles. The molecule has 2 aliphatic heterocycles. The molecule has 0 spiro atoms. The van der Waals surface area contributed by atoms with Crippen molar-refractivity contribution >= 4 is 0 Å². The highest BCUT2D eigenvalue weighted by Gasteiger charge is 2.51. The zero-order chi connectivity index (χ0) is 15.1. The molecule has 0 radical (unpaired) electrons. The Labute approximate surface area is 125 Å². The van der Waals surface area contributed by atoms with Crippen molar-refractivity contribution in [3.05, 3.63) is 10.4 Å². The van der Waals surface area contributed by atoms with Crippen LogP contribution >= 0.6 is 0 Å². The van der Waals surface area contributed by atoms with Crippen molar-refractivity contribution in [2.75, 3.05) is 19.8 Å². The SMILES string of the molecule is CCCCOC1[C@H](N=[N+]=[N-])C2OC[C@@H](O2)[C@H]1OCCCC. The van der Waals surface area contributed by atoms with E-state index in [-0.39, 0.29) is 18.3 Å². The third-order valence-corrected chi connectivity index (χ3v) is 3.84. The van der Waals surface area contributed by atoms with Gasteiger partial charge in [-0.3, -0.25) is 0 Å². The Balaban J connectivity index is 2.05. The fourth-order valence-corrected chi connectivity index (χ4v) is 2.66. The fraction of sp³-hybridized carbons (Fsp3) is 1.00. The van der Waals surface area contributed by atoms with Crippen LogP contribution in [-0.4, -0.2) is 50.5 Å². The Morgan fingerprint density at radius 3 is 2.43 bits per heavy atom. The second-order valence-corrected chi connectivity index (χ2v) is 5.45. The van der Waals surface area contributed by atoms with Gasteiger partial charge in [-0.15, -0.1) is 0 Å². The van der Waals surface area contributed by atoms with Gasteiger partial charge in [0.2, 0.25) is 0 Å². The fourth-order valence-electron chi connectivity index (χ4n) is 2.66. The number of hydrogen-bond donors (Lipinski definition) is 0. The van der Waals surface area contributed by atoms with Gasteiger partial charge in [0.15, 0.2) is 6.29 Å². The predicted molar refractivity (Wildman–Crippen MR) is 76.8 cm³/mol. The van der Waals surface area contributed by atoms with E-state index in [4.69, 9.17) is 24.5 Å². The quantitative estimate of drug-likeness (QED) is 0.283. The molecule has 5 atom stereocenters. The minimum absolute atomic E-state index is 0.136. The van der Waals surface area contributed by atoms with E-state index in [1.54, 1.807) is 0 Å². The van der Waals surface area contributed by atoms with Gasteiger partial charge >= 0.3 is 0 Å². The molecule has 2 aliphatic rings. The van der Waals surface area contributed by atoms with E-state index in [0.717, 1.165) is 25.7 Å². The highest BCUT2D eigenvalue weighted by atomic mass is 16.7. The van der Waals surface area contributed by atoms with Crippen molar-refractivity contribution < 1.29 is 18.9 Å². The van der Waals surface area contributed by atoms with Gasteiger partial charge in [0.25, 0.3) is 0 Å².